The Morgan fingerprint density at radius 1 is 1.28 bits per heavy atom. The van der Waals surface area contributed by atoms with Gasteiger partial charge in [0, 0.05) is 17.8 Å². The summed E-state index contributed by atoms with van der Waals surface area (Å²) in [7, 11) is 0. The van der Waals surface area contributed by atoms with Gasteiger partial charge in [-0.05, 0) is 6.92 Å². The molecular formula is C13H12N2O2S. The molecule has 0 amide bonds. The summed E-state index contributed by atoms with van der Waals surface area (Å²) in [5.74, 6) is 0.0205. The number of nitrogens with one attached hydrogen (secondary N) is 1. The smallest absolute Gasteiger partial charge is 0.251 e. The van der Waals surface area contributed by atoms with Crippen molar-refractivity contribution in [3.8, 4) is 0 Å². The van der Waals surface area contributed by atoms with Crippen LogP contribution in [0.1, 0.15) is 17.3 Å². The molecule has 0 saturated heterocycles. The summed E-state index contributed by atoms with van der Waals surface area (Å²) >= 11 is 1.24. The number of hydrogen-bond donors (Lipinski definition) is 1. The summed E-state index contributed by atoms with van der Waals surface area (Å²) in [4.78, 5) is 29.8. The normalized spacial score (nSPS) is 12.1. The molecule has 18 heavy (non-hydrogen) atoms. The molecule has 0 aliphatic heterocycles. The third-order valence-corrected chi connectivity index (χ3v) is 3.36. The molecule has 0 radical (unpaired) electrons. The second kappa shape index (κ2) is 5.64. The SMILES string of the molecule is CC(Sc1nccc(=O)[nH]1)C(=O)c1ccccc1. The maximum Gasteiger partial charge on any atom is 0.251 e. The van der Waals surface area contributed by atoms with E-state index in [4.69, 9.17) is 0 Å². The highest BCUT2D eigenvalue weighted by Gasteiger charge is 2.16. The number of thioether (sulfide) groups is 1. The lowest BCUT2D eigenvalue weighted by atomic mass is 10.1. The number of carbonyl (C=O) groups excluding carboxylic acids is 1. The Balaban J connectivity index is 2.11. The standard InChI is InChI=1S/C13H12N2O2S/c1-9(12(17)10-5-3-2-4-6-10)18-13-14-8-7-11(16)15-13/h2-9H,1H3,(H,14,15,16). The minimum Gasteiger partial charge on any atom is -0.301 e. The molecule has 0 aliphatic carbocycles. The first-order valence-corrected chi connectivity index (χ1v) is 6.36. The van der Waals surface area contributed by atoms with Crippen molar-refractivity contribution in [3.63, 3.8) is 0 Å². The molecule has 0 bridgehead atoms. The van der Waals surface area contributed by atoms with Gasteiger partial charge in [0.25, 0.3) is 5.56 Å². The number of nitrogens with zero attached hydrogens (tertiary/aromatic N) is 1. The minimum atomic E-state index is -0.294. The molecule has 4 nitrogen and oxygen atoms in total. The summed E-state index contributed by atoms with van der Waals surface area (Å²) in [5, 5.41) is 0.164. The highest BCUT2D eigenvalue weighted by atomic mass is 32.2. The van der Waals surface area contributed by atoms with Crippen LogP contribution >= 0.6 is 11.8 Å². The maximum absolute atomic E-state index is 12.1. The molecule has 1 aromatic carbocycles. The van der Waals surface area contributed by atoms with Gasteiger partial charge < -0.3 is 4.98 Å². The lowest BCUT2D eigenvalue weighted by molar-refractivity contribution is 0.0994. The van der Waals surface area contributed by atoms with Gasteiger partial charge >= 0.3 is 0 Å². The number of H-pyrrole nitrogens is 1. The third kappa shape index (κ3) is 3.07. The fourth-order valence-electron chi connectivity index (χ4n) is 1.47. The third-order valence-electron chi connectivity index (χ3n) is 2.36. The van der Waals surface area contributed by atoms with Crippen LogP contribution in [0.15, 0.2) is 52.5 Å². The maximum atomic E-state index is 12.1. The summed E-state index contributed by atoms with van der Waals surface area (Å²) in [6.07, 6.45) is 1.43. The van der Waals surface area contributed by atoms with Gasteiger partial charge in [0.2, 0.25) is 0 Å². The van der Waals surface area contributed by atoms with Crippen molar-refractivity contribution in [1.29, 1.82) is 0 Å². The number of benzene rings is 1. The van der Waals surface area contributed by atoms with Crippen LogP contribution in [0.4, 0.5) is 0 Å². The number of Topliss-reactive ketones (excluding diaryl/α,β-unsaturated/α-hetero) is 1. The Bertz CT molecular complexity index is 595. The van der Waals surface area contributed by atoms with Crippen molar-refractivity contribution in [2.45, 2.75) is 17.3 Å². The van der Waals surface area contributed by atoms with Crippen LogP contribution in [0.25, 0.3) is 0 Å². The molecule has 92 valence electrons. The van der Waals surface area contributed by atoms with Gasteiger partial charge in [-0.2, -0.15) is 0 Å². The van der Waals surface area contributed by atoms with E-state index in [1.54, 1.807) is 19.1 Å². The summed E-state index contributed by atoms with van der Waals surface area (Å²) in [6, 6.07) is 10.4. The van der Waals surface area contributed by atoms with Crippen LogP contribution in [0.3, 0.4) is 0 Å². The van der Waals surface area contributed by atoms with Crippen LogP contribution in [0.2, 0.25) is 0 Å². The first-order chi connectivity index (χ1) is 8.66. The average molecular weight is 260 g/mol. The lowest BCUT2D eigenvalue weighted by Gasteiger charge is -2.08. The number of ketones is 1. The van der Waals surface area contributed by atoms with E-state index in [0.717, 1.165) is 0 Å². The zero-order chi connectivity index (χ0) is 13.0. The molecule has 0 aliphatic rings. The van der Waals surface area contributed by atoms with E-state index in [1.807, 2.05) is 18.2 Å². The molecule has 2 aromatic rings. The van der Waals surface area contributed by atoms with Crippen molar-refractivity contribution in [2.24, 2.45) is 0 Å². The molecule has 1 heterocycles. The minimum absolute atomic E-state index is 0.0205. The van der Waals surface area contributed by atoms with Crippen molar-refractivity contribution < 1.29 is 4.79 Å². The predicted octanol–water partition coefficient (Wildman–Crippen LogP) is 2.13. The fourth-order valence-corrected chi connectivity index (χ4v) is 2.33. The van der Waals surface area contributed by atoms with E-state index in [-0.39, 0.29) is 16.6 Å². The molecule has 0 fully saturated rings. The van der Waals surface area contributed by atoms with Crippen molar-refractivity contribution >= 4 is 17.5 Å². The Labute approximate surface area is 108 Å². The number of carbonyl (C=O) groups is 1. The van der Waals surface area contributed by atoms with E-state index in [9.17, 15) is 9.59 Å². The second-order valence-corrected chi connectivity index (χ2v) is 5.06. The number of rotatable bonds is 4. The molecule has 1 N–H and O–H groups in total. The lowest BCUT2D eigenvalue weighted by Crippen LogP contribution is -2.15. The Kier molecular flexibility index (Phi) is 3.94. The molecular weight excluding hydrogens is 248 g/mol. The van der Waals surface area contributed by atoms with Crippen LogP contribution in [-0.4, -0.2) is 21.0 Å². The summed E-state index contributed by atoms with van der Waals surface area (Å²) < 4.78 is 0. The van der Waals surface area contributed by atoms with E-state index < -0.39 is 0 Å². The average Bonchev–Trinajstić information content (AvgIpc) is 2.39. The largest absolute Gasteiger partial charge is 0.301 e. The van der Waals surface area contributed by atoms with Crippen molar-refractivity contribution in [3.05, 3.63) is 58.5 Å². The zero-order valence-corrected chi connectivity index (χ0v) is 10.6. The number of aromatic amines is 1. The Morgan fingerprint density at radius 2 is 2.00 bits per heavy atom. The van der Waals surface area contributed by atoms with Crippen LogP contribution in [-0.2, 0) is 0 Å². The summed E-state index contributed by atoms with van der Waals surface area (Å²) in [5.41, 5.74) is 0.447. The molecule has 1 unspecified atom stereocenters. The van der Waals surface area contributed by atoms with Crippen LogP contribution in [0.5, 0.6) is 0 Å². The molecule has 0 saturated carbocycles. The van der Waals surface area contributed by atoms with E-state index in [2.05, 4.69) is 9.97 Å². The monoisotopic (exact) mass is 260 g/mol. The molecule has 0 spiro atoms. The van der Waals surface area contributed by atoms with E-state index in [1.165, 1.54) is 24.0 Å². The Hall–Kier alpha value is -1.88. The molecule has 2 rings (SSSR count). The summed E-state index contributed by atoms with van der Waals surface area (Å²) in [6.45, 7) is 1.80. The first kappa shape index (κ1) is 12.6. The van der Waals surface area contributed by atoms with Gasteiger partial charge in [-0.25, -0.2) is 4.98 Å². The topological polar surface area (TPSA) is 62.8 Å². The molecule has 1 atom stereocenters. The second-order valence-electron chi connectivity index (χ2n) is 3.73. The van der Waals surface area contributed by atoms with Gasteiger partial charge in [0.05, 0.1) is 5.25 Å². The van der Waals surface area contributed by atoms with Gasteiger partial charge in [0.1, 0.15) is 0 Å². The van der Waals surface area contributed by atoms with Crippen molar-refractivity contribution in [2.75, 3.05) is 0 Å². The van der Waals surface area contributed by atoms with E-state index >= 15 is 0 Å². The van der Waals surface area contributed by atoms with Crippen LogP contribution in [0, 0.1) is 0 Å². The quantitative estimate of drug-likeness (QED) is 0.519. The van der Waals surface area contributed by atoms with Gasteiger partial charge in [-0.1, -0.05) is 42.1 Å². The first-order valence-electron chi connectivity index (χ1n) is 5.48. The highest BCUT2D eigenvalue weighted by molar-refractivity contribution is 8.00. The molecule has 5 heteroatoms. The fraction of sp³-hybridized carbons (Fsp3) is 0.154. The highest BCUT2D eigenvalue weighted by Crippen LogP contribution is 2.21. The van der Waals surface area contributed by atoms with Gasteiger partial charge in [-0.3, -0.25) is 9.59 Å². The van der Waals surface area contributed by atoms with E-state index in [0.29, 0.717) is 10.7 Å². The van der Waals surface area contributed by atoms with Crippen molar-refractivity contribution in [1.82, 2.24) is 9.97 Å². The predicted molar refractivity (Wildman–Crippen MR) is 70.9 cm³/mol. The van der Waals surface area contributed by atoms with Crippen LogP contribution < -0.4 is 5.56 Å². The number of hydrogen-bond acceptors (Lipinski definition) is 4. The van der Waals surface area contributed by atoms with Gasteiger partial charge in [0.15, 0.2) is 10.9 Å². The number of aromatic nitrogens is 2. The zero-order valence-electron chi connectivity index (χ0n) is 9.79. The van der Waals surface area contributed by atoms with Gasteiger partial charge in [-0.15, -0.1) is 0 Å². The molecule has 1 aromatic heterocycles. The Morgan fingerprint density at radius 3 is 2.67 bits per heavy atom.